The van der Waals surface area contributed by atoms with Crippen molar-refractivity contribution in [3.05, 3.63) is 22.9 Å². The molecule has 0 amide bonds. The van der Waals surface area contributed by atoms with E-state index >= 15 is 0 Å². The SMILES string of the molecule is CSCCC(C)N(C)c1nc(C)cc(C)c1C(=O)O. The van der Waals surface area contributed by atoms with Gasteiger partial charge in [0.15, 0.2) is 0 Å². The number of nitrogens with zero attached hydrogens (tertiary/aromatic N) is 2. The van der Waals surface area contributed by atoms with Crippen LogP contribution in [0, 0.1) is 13.8 Å². The van der Waals surface area contributed by atoms with Gasteiger partial charge in [-0.1, -0.05) is 0 Å². The number of rotatable bonds is 6. The Morgan fingerprint density at radius 3 is 2.68 bits per heavy atom. The van der Waals surface area contributed by atoms with Crippen LogP contribution in [0.1, 0.15) is 35.0 Å². The number of aromatic carboxylic acids is 1. The molecule has 0 bridgehead atoms. The maximum atomic E-state index is 11.4. The second-order valence-corrected chi connectivity index (χ2v) is 5.81. The lowest BCUT2D eigenvalue weighted by molar-refractivity contribution is 0.0696. The normalized spacial score (nSPS) is 12.3. The zero-order chi connectivity index (χ0) is 14.6. The number of aryl methyl sites for hydroxylation is 2. The summed E-state index contributed by atoms with van der Waals surface area (Å²) in [5.41, 5.74) is 1.92. The van der Waals surface area contributed by atoms with Crippen molar-refractivity contribution in [1.29, 1.82) is 0 Å². The molecule has 1 heterocycles. The Kier molecular flexibility index (Phi) is 5.66. The van der Waals surface area contributed by atoms with Crippen molar-refractivity contribution >= 4 is 23.5 Å². The predicted octanol–water partition coefficient (Wildman–Crippen LogP) is 2.97. The maximum absolute atomic E-state index is 11.4. The number of thioether (sulfide) groups is 1. The van der Waals surface area contributed by atoms with Gasteiger partial charge in [0.2, 0.25) is 0 Å². The molecule has 0 spiro atoms. The van der Waals surface area contributed by atoms with Crippen LogP contribution in [-0.2, 0) is 0 Å². The fourth-order valence-electron chi connectivity index (χ4n) is 2.03. The molecule has 0 aliphatic carbocycles. The van der Waals surface area contributed by atoms with Crippen LogP contribution in [0.3, 0.4) is 0 Å². The van der Waals surface area contributed by atoms with Gasteiger partial charge in [0.25, 0.3) is 0 Å². The van der Waals surface area contributed by atoms with Crippen LogP contribution in [0.4, 0.5) is 5.82 Å². The summed E-state index contributed by atoms with van der Waals surface area (Å²) in [6, 6.07) is 2.08. The second-order valence-electron chi connectivity index (χ2n) is 4.83. The van der Waals surface area contributed by atoms with Gasteiger partial charge in [-0.2, -0.15) is 11.8 Å². The molecule has 0 saturated heterocycles. The zero-order valence-electron chi connectivity index (χ0n) is 12.2. The maximum Gasteiger partial charge on any atom is 0.339 e. The molecule has 0 radical (unpaired) electrons. The average molecular weight is 282 g/mol. The average Bonchev–Trinajstić information content (AvgIpc) is 2.33. The van der Waals surface area contributed by atoms with Crippen molar-refractivity contribution in [2.24, 2.45) is 0 Å². The van der Waals surface area contributed by atoms with E-state index in [1.807, 2.05) is 31.9 Å². The highest BCUT2D eigenvalue weighted by atomic mass is 32.2. The minimum atomic E-state index is -0.913. The van der Waals surface area contributed by atoms with Gasteiger partial charge in [0.1, 0.15) is 11.4 Å². The summed E-state index contributed by atoms with van der Waals surface area (Å²) in [6.45, 7) is 5.81. The lowest BCUT2D eigenvalue weighted by atomic mass is 10.1. The molecule has 19 heavy (non-hydrogen) atoms. The minimum Gasteiger partial charge on any atom is -0.478 e. The smallest absolute Gasteiger partial charge is 0.339 e. The van der Waals surface area contributed by atoms with E-state index in [0.717, 1.165) is 23.4 Å². The molecule has 1 aromatic heterocycles. The van der Waals surface area contributed by atoms with Crippen molar-refractivity contribution < 1.29 is 9.90 Å². The molecule has 1 unspecified atom stereocenters. The Labute approximate surface area is 119 Å². The molecule has 5 heteroatoms. The Hall–Kier alpha value is -1.23. The summed E-state index contributed by atoms with van der Waals surface area (Å²) in [5, 5.41) is 9.37. The van der Waals surface area contributed by atoms with Gasteiger partial charge in [-0.15, -0.1) is 0 Å². The Balaban J connectivity index is 3.14. The molecular formula is C14H22N2O2S. The number of carboxylic acid groups (broad SMARTS) is 1. The highest BCUT2D eigenvalue weighted by Crippen LogP contribution is 2.24. The van der Waals surface area contributed by atoms with Crippen LogP contribution in [0.25, 0.3) is 0 Å². The van der Waals surface area contributed by atoms with Crippen LogP contribution >= 0.6 is 11.8 Å². The zero-order valence-corrected chi connectivity index (χ0v) is 13.0. The van der Waals surface area contributed by atoms with Gasteiger partial charge in [0.05, 0.1) is 0 Å². The summed E-state index contributed by atoms with van der Waals surface area (Å²) in [4.78, 5) is 17.8. The summed E-state index contributed by atoms with van der Waals surface area (Å²) in [7, 11) is 1.92. The van der Waals surface area contributed by atoms with Crippen LogP contribution < -0.4 is 4.90 Å². The molecule has 1 atom stereocenters. The molecule has 0 saturated carbocycles. The predicted molar refractivity (Wildman–Crippen MR) is 81.5 cm³/mol. The molecule has 106 valence electrons. The van der Waals surface area contributed by atoms with Crippen LogP contribution in [-0.4, -0.2) is 41.2 Å². The first kappa shape index (κ1) is 15.8. The van der Waals surface area contributed by atoms with E-state index in [1.165, 1.54) is 0 Å². The highest BCUT2D eigenvalue weighted by molar-refractivity contribution is 7.98. The number of aromatic nitrogens is 1. The minimum absolute atomic E-state index is 0.263. The number of hydrogen-bond acceptors (Lipinski definition) is 4. The molecule has 0 aliphatic rings. The Bertz CT molecular complexity index is 463. The molecule has 0 aliphatic heterocycles. The van der Waals surface area contributed by atoms with Gasteiger partial charge in [0, 0.05) is 18.8 Å². The molecule has 1 N–H and O–H groups in total. The van der Waals surface area contributed by atoms with Crippen molar-refractivity contribution in [2.75, 3.05) is 24.0 Å². The summed E-state index contributed by atoms with van der Waals surface area (Å²) in [5.74, 6) is 0.709. The summed E-state index contributed by atoms with van der Waals surface area (Å²) < 4.78 is 0. The third-order valence-corrected chi connectivity index (χ3v) is 3.92. The van der Waals surface area contributed by atoms with Gasteiger partial charge < -0.3 is 10.0 Å². The topological polar surface area (TPSA) is 53.4 Å². The number of pyridine rings is 1. The molecule has 0 aromatic carbocycles. The standard InChI is InChI=1S/C14H22N2O2S/c1-9-8-10(2)15-13(12(9)14(17)18)16(4)11(3)6-7-19-5/h8,11H,6-7H2,1-5H3,(H,17,18). The first-order chi connectivity index (χ1) is 8.88. The summed E-state index contributed by atoms with van der Waals surface area (Å²) in [6.07, 6.45) is 3.08. The van der Waals surface area contributed by atoms with E-state index in [1.54, 1.807) is 11.8 Å². The van der Waals surface area contributed by atoms with Gasteiger partial charge in [-0.25, -0.2) is 9.78 Å². The molecule has 4 nitrogen and oxygen atoms in total. The fourth-order valence-corrected chi connectivity index (χ4v) is 2.60. The third kappa shape index (κ3) is 3.86. The van der Waals surface area contributed by atoms with E-state index in [4.69, 9.17) is 0 Å². The first-order valence-electron chi connectivity index (χ1n) is 6.31. The quantitative estimate of drug-likeness (QED) is 0.869. The van der Waals surface area contributed by atoms with E-state index in [2.05, 4.69) is 18.2 Å². The van der Waals surface area contributed by atoms with Gasteiger partial charge >= 0.3 is 5.97 Å². The molecule has 1 rings (SSSR count). The number of hydrogen-bond donors (Lipinski definition) is 1. The van der Waals surface area contributed by atoms with Crippen molar-refractivity contribution in [1.82, 2.24) is 4.98 Å². The highest BCUT2D eigenvalue weighted by Gasteiger charge is 2.21. The monoisotopic (exact) mass is 282 g/mol. The summed E-state index contributed by atoms with van der Waals surface area (Å²) >= 11 is 1.80. The van der Waals surface area contributed by atoms with E-state index in [9.17, 15) is 9.90 Å². The number of carbonyl (C=O) groups is 1. The third-order valence-electron chi connectivity index (χ3n) is 3.27. The lowest BCUT2D eigenvalue weighted by Crippen LogP contribution is -2.32. The largest absolute Gasteiger partial charge is 0.478 e. The Morgan fingerprint density at radius 1 is 1.53 bits per heavy atom. The van der Waals surface area contributed by atoms with E-state index in [-0.39, 0.29) is 6.04 Å². The first-order valence-corrected chi connectivity index (χ1v) is 7.71. The number of carboxylic acids is 1. The second kappa shape index (κ2) is 6.80. The molecule has 1 aromatic rings. The molecular weight excluding hydrogens is 260 g/mol. The van der Waals surface area contributed by atoms with Crippen molar-refractivity contribution in [3.63, 3.8) is 0 Å². The van der Waals surface area contributed by atoms with Crippen LogP contribution in [0.2, 0.25) is 0 Å². The van der Waals surface area contributed by atoms with Gasteiger partial charge in [-0.3, -0.25) is 0 Å². The van der Waals surface area contributed by atoms with E-state index in [0.29, 0.717) is 11.4 Å². The van der Waals surface area contributed by atoms with E-state index < -0.39 is 5.97 Å². The van der Waals surface area contributed by atoms with Crippen molar-refractivity contribution in [2.45, 2.75) is 33.2 Å². The number of anilines is 1. The molecule has 0 fully saturated rings. The van der Waals surface area contributed by atoms with Crippen LogP contribution in [0.5, 0.6) is 0 Å². The van der Waals surface area contributed by atoms with Crippen molar-refractivity contribution in [3.8, 4) is 0 Å². The Morgan fingerprint density at radius 2 is 2.16 bits per heavy atom. The van der Waals surface area contributed by atoms with Gasteiger partial charge in [-0.05, 0) is 50.8 Å². The fraction of sp³-hybridized carbons (Fsp3) is 0.571. The lowest BCUT2D eigenvalue weighted by Gasteiger charge is -2.28. The van der Waals surface area contributed by atoms with Crippen LogP contribution in [0.15, 0.2) is 6.07 Å².